The van der Waals surface area contributed by atoms with Gasteiger partial charge in [0.25, 0.3) is 0 Å². The summed E-state index contributed by atoms with van der Waals surface area (Å²) in [6.45, 7) is 5.27. The molecule has 3 N–H and O–H groups in total. The fourth-order valence-electron chi connectivity index (χ4n) is 1.59. The van der Waals surface area contributed by atoms with Gasteiger partial charge in [0.05, 0.1) is 5.69 Å². The third-order valence-corrected chi connectivity index (χ3v) is 2.43. The fraction of sp³-hybridized carbons (Fsp3) is 0.308. The van der Waals surface area contributed by atoms with Crippen LogP contribution >= 0.6 is 0 Å². The Hall–Kier alpha value is -2.44. The molecule has 0 saturated carbocycles. The van der Waals surface area contributed by atoms with Gasteiger partial charge in [-0.15, -0.1) is 0 Å². The van der Waals surface area contributed by atoms with Gasteiger partial charge < -0.3 is 16.0 Å². The second-order valence-corrected chi connectivity index (χ2v) is 3.97. The molecule has 1 heterocycles. The van der Waals surface area contributed by atoms with E-state index in [-0.39, 0.29) is 11.8 Å². The Kier molecular flexibility index (Phi) is 4.65. The molecule has 20 heavy (non-hydrogen) atoms. The number of rotatable bonds is 6. The van der Waals surface area contributed by atoms with Gasteiger partial charge >= 0.3 is 0 Å². The highest BCUT2D eigenvalue weighted by Gasteiger charge is 2.07. The average molecular weight is 276 g/mol. The van der Waals surface area contributed by atoms with Crippen LogP contribution in [-0.4, -0.2) is 28.0 Å². The second-order valence-electron chi connectivity index (χ2n) is 3.97. The molecule has 0 aliphatic heterocycles. The molecule has 1 aromatic carbocycles. The first-order chi connectivity index (χ1) is 9.72. The van der Waals surface area contributed by atoms with Crippen molar-refractivity contribution in [3.05, 3.63) is 30.1 Å². The van der Waals surface area contributed by atoms with Gasteiger partial charge in [0.1, 0.15) is 5.82 Å². The zero-order valence-corrected chi connectivity index (χ0v) is 11.4. The van der Waals surface area contributed by atoms with Gasteiger partial charge in [0, 0.05) is 13.1 Å². The van der Waals surface area contributed by atoms with E-state index in [9.17, 15) is 4.39 Å². The number of anilines is 4. The van der Waals surface area contributed by atoms with Gasteiger partial charge in [-0.1, -0.05) is 12.1 Å². The lowest BCUT2D eigenvalue weighted by Gasteiger charge is -2.10. The van der Waals surface area contributed by atoms with E-state index in [0.29, 0.717) is 30.7 Å². The zero-order valence-electron chi connectivity index (χ0n) is 11.4. The largest absolute Gasteiger partial charge is 0.354 e. The Bertz CT molecular complexity index is 550. The van der Waals surface area contributed by atoms with Crippen molar-refractivity contribution in [3.8, 4) is 0 Å². The smallest absolute Gasteiger partial charge is 0.233 e. The van der Waals surface area contributed by atoms with Crippen molar-refractivity contribution >= 4 is 23.5 Å². The van der Waals surface area contributed by atoms with Crippen LogP contribution in [0.3, 0.4) is 0 Å². The van der Waals surface area contributed by atoms with Crippen LogP contribution in [0.4, 0.5) is 27.9 Å². The highest BCUT2D eigenvalue weighted by atomic mass is 19.1. The minimum Gasteiger partial charge on any atom is -0.354 e. The number of nitrogens with one attached hydrogen (secondary N) is 3. The highest BCUT2D eigenvalue weighted by molar-refractivity contribution is 5.56. The van der Waals surface area contributed by atoms with Crippen LogP contribution in [0.1, 0.15) is 13.8 Å². The van der Waals surface area contributed by atoms with Crippen molar-refractivity contribution in [1.82, 2.24) is 15.0 Å². The number of para-hydroxylation sites is 1. The summed E-state index contributed by atoms with van der Waals surface area (Å²) in [5, 5.41) is 8.87. The van der Waals surface area contributed by atoms with Crippen molar-refractivity contribution in [2.75, 3.05) is 29.0 Å². The Balaban J connectivity index is 2.28. The highest BCUT2D eigenvalue weighted by Crippen LogP contribution is 2.18. The standard InChI is InChI=1S/C13H17FN6/c1-3-15-11-18-12(16-4-2)20-13(19-11)17-10-8-6-5-7-9(10)14/h5-8H,3-4H2,1-2H3,(H3,15,16,17,18,19,20). The van der Waals surface area contributed by atoms with Crippen molar-refractivity contribution < 1.29 is 4.39 Å². The average Bonchev–Trinajstić information content (AvgIpc) is 2.42. The van der Waals surface area contributed by atoms with Gasteiger partial charge in [-0.2, -0.15) is 15.0 Å². The van der Waals surface area contributed by atoms with Gasteiger partial charge in [-0.25, -0.2) is 4.39 Å². The maximum absolute atomic E-state index is 13.6. The molecule has 1 aromatic heterocycles. The summed E-state index contributed by atoms with van der Waals surface area (Å²) >= 11 is 0. The van der Waals surface area contributed by atoms with Crippen LogP contribution in [-0.2, 0) is 0 Å². The maximum atomic E-state index is 13.6. The summed E-state index contributed by atoms with van der Waals surface area (Å²) in [6.07, 6.45) is 0. The molecule has 0 fully saturated rings. The predicted octanol–water partition coefficient (Wildman–Crippen LogP) is 2.62. The molecular weight excluding hydrogens is 259 g/mol. The molecule has 0 aliphatic carbocycles. The van der Waals surface area contributed by atoms with E-state index in [4.69, 9.17) is 0 Å². The molecule has 2 rings (SSSR count). The minimum atomic E-state index is -0.358. The predicted molar refractivity (Wildman–Crippen MR) is 77.8 cm³/mol. The number of hydrogen-bond donors (Lipinski definition) is 3. The molecule has 0 radical (unpaired) electrons. The second kappa shape index (κ2) is 6.65. The molecule has 0 unspecified atom stereocenters. The van der Waals surface area contributed by atoms with E-state index in [1.807, 2.05) is 13.8 Å². The first kappa shape index (κ1) is 14.0. The Morgan fingerprint density at radius 2 is 1.45 bits per heavy atom. The Labute approximate surface area is 116 Å². The normalized spacial score (nSPS) is 10.2. The fourth-order valence-corrected chi connectivity index (χ4v) is 1.59. The number of halogens is 1. The number of aromatic nitrogens is 3. The van der Waals surface area contributed by atoms with Gasteiger partial charge in [-0.3, -0.25) is 0 Å². The molecule has 106 valence electrons. The summed E-state index contributed by atoms with van der Waals surface area (Å²) in [5.74, 6) is 0.814. The molecule has 7 heteroatoms. The lowest BCUT2D eigenvalue weighted by molar-refractivity contribution is 0.631. The van der Waals surface area contributed by atoms with Crippen molar-refractivity contribution in [2.24, 2.45) is 0 Å². The first-order valence-electron chi connectivity index (χ1n) is 6.48. The molecule has 0 aliphatic rings. The minimum absolute atomic E-state index is 0.289. The van der Waals surface area contributed by atoms with Gasteiger partial charge in [0.15, 0.2) is 0 Å². The third-order valence-electron chi connectivity index (χ3n) is 2.43. The van der Waals surface area contributed by atoms with E-state index in [2.05, 4.69) is 30.9 Å². The van der Waals surface area contributed by atoms with E-state index >= 15 is 0 Å². The Morgan fingerprint density at radius 1 is 0.900 bits per heavy atom. The van der Waals surface area contributed by atoms with Crippen LogP contribution in [0, 0.1) is 5.82 Å². The maximum Gasteiger partial charge on any atom is 0.233 e. The Morgan fingerprint density at radius 3 is 2.00 bits per heavy atom. The molecule has 0 bridgehead atoms. The molecule has 0 atom stereocenters. The number of benzene rings is 1. The monoisotopic (exact) mass is 276 g/mol. The molecule has 0 saturated heterocycles. The lowest BCUT2D eigenvalue weighted by atomic mass is 10.3. The van der Waals surface area contributed by atoms with Crippen molar-refractivity contribution in [1.29, 1.82) is 0 Å². The third kappa shape index (κ3) is 3.53. The van der Waals surface area contributed by atoms with Crippen molar-refractivity contribution in [3.63, 3.8) is 0 Å². The lowest BCUT2D eigenvalue weighted by Crippen LogP contribution is -2.11. The van der Waals surface area contributed by atoms with E-state index in [0.717, 1.165) is 0 Å². The van der Waals surface area contributed by atoms with E-state index < -0.39 is 0 Å². The number of hydrogen-bond acceptors (Lipinski definition) is 6. The summed E-state index contributed by atoms with van der Waals surface area (Å²) in [4.78, 5) is 12.6. The quantitative estimate of drug-likeness (QED) is 0.753. The van der Waals surface area contributed by atoms with Crippen LogP contribution in [0.15, 0.2) is 24.3 Å². The van der Waals surface area contributed by atoms with Crippen molar-refractivity contribution in [2.45, 2.75) is 13.8 Å². The van der Waals surface area contributed by atoms with E-state index in [1.54, 1.807) is 18.2 Å². The summed E-state index contributed by atoms with van der Waals surface area (Å²) < 4.78 is 13.6. The summed E-state index contributed by atoms with van der Waals surface area (Å²) in [7, 11) is 0. The van der Waals surface area contributed by atoms with Gasteiger partial charge in [0.2, 0.25) is 17.8 Å². The molecule has 6 nitrogen and oxygen atoms in total. The van der Waals surface area contributed by atoms with Gasteiger partial charge in [-0.05, 0) is 26.0 Å². The van der Waals surface area contributed by atoms with Crippen LogP contribution < -0.4 is 16.0 Å². The van der Waals surface area contributed by atoms with E-state index in [1.165, 1.54) is 6.07 Å². The molecule has 0 spiro atoms. The first-order valence-corrected chi connectivity index (χ1v) is 6.48. The van der Waals surface area contributed by atoms with Crippen LogP contribution in [0.25, 0.3) is 0 Å². The van der Waals surface area contributed by atoms with Crippen LogP contribution in [0.2, 0.25) is 0 Å². The molecule has 2 aromatic rings. The topological polar surface area (TPSA) is 74.8 Å². The molecular formula is C13H17FN6. The summed E-state index contributed by atoms with van der Waals surface area (Å²) in [5.41, 5.74) is 0.323. The zero-order chi connectivity index (χ0) is 14.4. The SMILES string of the molecule is CCNc1nc(NCC)nc(Nc2ccccc2F)n1. The van der Waals surface area contributed by atoms with Crippen LogP contribution in [0.5, 0.6) is 0 Å². The molecule has 0 amide bonds. The number of nitrogens with zero attached hydrogens (tertiary/aromatic N) is 3. The summed E-state index contributed by atoms with van der Waals surface area (Å²) in [6, 6.07) is 6.37.